The first-order valence-electron chi connectivity index (χ1n) is 4.97. The Hall–Kier alpha value is -1.88. The molecule has 1 aromatic carbocycles. The topological polar surface area (TPSA) is 53.6 Å². The molecule has 0 spiro atoms. The molecule has 0 aliphatic carbocycles. The van der Waals surface area contributed by atoms with E-state index >= 15 is 0 Å². The maximum absolute atomic E-state index is 4.24. The standard InChI is InChI=1S/C11H10N4S/c1-2-10-11(16-7-13-10)5-8(1)12-6-9-3-4-14-15-9/h1-5,7,12H,6H2,(H,14,15). The van der Waals surface area contributed by atoms with E-state index in [1.165, 1.54) is 4.70 Å². The maximum atomic E-state index is 4.24. The van der Waals surface area contributed by atoms with Crippen molar-refractivity contribution in [2.75, 3.05) is 5.32 Å². The van der Waals surface area contributed by atoms with Crippen molar-refractivity contribution < 1.29 is 0 Å². The maximum Gasteiger partial charge on any atom is 0.0813 e. The van der Waals surface area contributed by atoms with Gasteiger partial charge >= 0.3 is 0 Å². The zero-order valence-corrected chi connectivity index (χ0v) is 9.29. The van der Waals surface area contributed by atoms with Crippen LogP contribution in [0.25, 0.3) is 10.2 Å². The van der Waals surface area contributed by atoms with Crippen LogP contribution in [0.15, 0.2) is 36.0 Å². The molecule has 16 heavy (non-hydrogen) atoms. The zero-order valence-electron chi connectivity index (χ0n) is 8.47. The van der Waals surface area contributed by atoms with Gasteiger partial charge in [-0.3, -0.25) is 5.10 Å². The molecule has 0 aliphatic rings. The molecule has 2 heterocycles. The van der Waals surface area contributed by atoms with E-state index in [9.17, 15) is 0 Å². The van der Waals surface area contributed by atoms with Crippen molar-refractivity contribution in [3.05, 3.63) is 41.7 Å². The summed E-state index contributed by atoms with van der Waals surface area (Å²) in [7, 11) is 0. The fraction of sp³-hybridized carbons (Fsp3) is 0.0909. The third-order valence-corrected chi connectivity index (χ3v) is 3.16. The summed E-state index contributed by atoms with van der Waals surface area (Å²) >= 11 is 1.65. The summed E-state index contributed by atoms with van der Waals surface area (Å²) in [5.74, 6) is 0. The molecule has 0 atom stereocenters. The molecule has 2 N–H and O–H groups in total. The lowest BCUT2D eigenvalue weighted by molar-refractivity contribution is 0.982. The molecule has 0 amide bonds. The highest BCUT2D eigenvalue weighted by Crippen LogP contribution is 2.21. The highest BCUT2D eigenvalue weighted by atomic mass is 32.1. The number of aromatic amines is 1. The highest BCUT2D eigenvalue weighted by molar-refractivity contribution is 7.16. The van der Waals surface area contributed by atoms with Crippen molar-refractivity contribution in [3.8, 4) is 0 Å². The second-order valence-corrected chi connectivity index (χ2v) is 4.36. The summed E-state index contributed by atoms with van der Waals surface area (Å²) in [4.78, 5) is 4.24. The number of hydrogen-bond donors (Lipinski definition) is 2. The number of nitrogens with zero attached hydrogens (tertiary/aromatic N) is 2. The monoisotopic (exact) mass is 230 g/mol. The van der Waals surface area contributed by atoms with Gasteiger partial charge in [-0.2, -0.15) is 5.10 Å². The van der Waals surface area contributed by atoms with Crippen molar-refractivity contribution in [2.24, 2.45) is 0 Å². The van der Waals surface area contributed by atoms with Gasteiger partial charge in [0, 0.05) is 11.9 Å². The Morgan fingerprint density at radius 3 is 3.19 bits per heavy atom. The van der Waals surface area contributed by atoms with Crippen LogP contribution < -0.4 is 5.32 Å². The van der Waals surface area contributed by atoms with E-state index in [0.717, 1.165) is 23.4 Å². The van der Waals surface area contributed by atoms with E-state index in [4.69, 9.17) is 0 Å². The van der Waals surface area contributed by atoms with E-state index in [-0.39, 0.29) is 0 Å². The fourth-order valence-electron chi connectivity index (χ4n) is 1.55. The Bertz CT molecular complexity index is 585. The minimum atomic E-state index is 0.754. The molecule has 0 radical (unpaired) electrons. The third kappa shape index (κ3) is 1.77. The lowest BCUT2D eigenvalue weighted by Crippen LogP contribution is -1.99. The minimum absolute atomic E-state index is 0.754. The molecule has 80 valence electrons. The van der Waals surface area contributed by atoms with Gasteiger partial charge in [0.15, 0.2) is 0 Å². The Labute approximate surface area is 96.3 Å². The number of anilines is 1. The van der Waals surface area contributed by atoms with Crippen molar-refractivity contribution in [2.45, 2.75) is 6.54 Å². The van der Waals surface area contributed by atoms with Crippen LogP contribution in [-0.2, 0) is 6.54 Å². The van der Waals surface area contributed by atoms with Gasteiger partial charge < -0.3 is 5.32 Å². The molecule has 0 unspecified atom stereocenters. The highest BCUT2D eigenvalue weighted by Gasteiger charge is 1.99. The van der Waals surface area contributed by atoms with E-state index in [1.54, 1.807) is 17.5 Å². The second kappa shape index (κ2) is 3.94. The summed E-state index contributed by atoms with van der Waals surface area (Å²) in [6.45, 7) is 0.754. The van der Waals surface area contributed by atoms with Gasteiger partial charge in [-0.05, 0) is 24.3 Å². The first-order valence-corrected chi connectivity index (χ1v) is 5.85. The number of H-pyrrole nitrogens is 1. The van der Waals surface area contributed by atoms with Crippen molar-refractivity contribution in [3.63, 3.8) is 0 Å². The quantitative estimate of drug-likeness (QED) is 0.727. The van der Waals surface area contributed by atoms with Gasteiger partial charge in [0.1, 0.15) is 0 Å². The van der Waals surface area contributed by atoms with Crippen LogP contribution in [0.1, 0.15) is 5.69 Å². The molecule has 3 rings (SSSR count). The van der Waals surface area contributed by atoms with Gasteiger partial charge in [-0.15, -0.1) is 11.3 Å². The first-order chi connectivity index (χ1) is 7.92. The van der Waals surface area contributed by atoms with Crippen LogP contribution in [0.2, 0.25) is 0 Å². The van der Waals surface area contributed by atoms with E-state index in [0.29, 0.717) is 0 Å². The van der Waals surface area contributed by atoms with Gasteiger partial charge in [0.25, 0.3) is 0 Å². The van der Waals surface area contributed by atoms with Gasteiger partial charge in [-0.1, -0.05) is 0 Å². The van der Waals surface area contributed by atoms with Crippen molar-refractivity contribution >= 4 is 27.2 Å². The molecule has 5 heteroatoms. The number of benzene rings is 1. The summed E-state index contributed by atoms with van der Waals surface area (Å²) in [5, 5.41) is 10.2. The average molecular weight is 230 g/mol. The van der Waals surface area contributed by atoms with E-state index in [2.05, 4.69) is 26.6 Å². The van der Waals surface area contributed by atoms with Crippen LogP contribution in [0, 0.1) is 0 Å². The lowest BCUT2D eigenvalue weighted by Gasteiger charge is -2.04. The lowest BCUT2D eigenvalue weighted by atomic mass is 10.3. The SMILES string of the molecule is c1cc(CNc2ccc3ncsc3c2)[nH]n1. The van der Waals surface area contributed by atoms with Crippen LogP contribution in [0.4, 0.5) is 5.69 Å². The Morgan fingerprint density at radius 1 is 1.31 bits per heavy atom. The van der Waals surface area contributed by atoms with Gasteiger partial charge in [0.05, 0.1) is 28.0 Å². The normalized spacial score (nSPS) is 10.8. The third-order valence-electron chi connectivity index (χ3n) is 2.37. The fourth-order valence-corrected chi connectivity index (χ4v) is 2.26. The molecule has 0 fully saturated rings. The number of rotatable bonds is 3. The predicted octanol–water partition coefficient (Wildman–Crippen LogP) is 2.63. The van der Waals surface area contributed by atoms with Crippen LogP contribution in [0.5, 0.6) is 0 Å². The molecular formula is C11H10N4S. The summed E-state index contributed by atoms with van der Waals surface area (Å²) in [6.07, 6.45) is 1.75. The number of fused-ring (bicyclic) bond motifs is 1. The molecular weight excluding hydrogens is 220 g/mol. The first kappa shape index (κ1) is 9.35. The minimum Gasteiger partial charge on any atom is -0.379 e. The molecule has 0 saturated carbocycles. The van der Waals surface area contributed by atoms with Crippen LogP contribution >= 0.6 is 11.3 Å². The van der Waals surface area contributed by atoms with E-state index < -0.39 is 0 Å². The number of nitrogens with one attached hydrogen (secondary N) is 2. The van der Waals surface area contributed by atoms with E-state index in [1.807, 2.05) is 23.7 Å². The predicted molar refractivity (Wildman–Crippen MR) is 65.5 cm³/mol. The number of hydrogen-bond acceptors (Lipinski definition) is 4. The number of thiazole rings is 1. The molecule has 2 aromatic heterocycles. The Kier molecular flexibility index (Phi) is 2.30. The molecule has 0 bridgehead atoms. The zero-order chi connectivity index (χ0) is 10.8. The average Bonchev–Trinajstić information content (AvgIpc) is 2.97. The largest absolute Gasteiger partial charge is 0.379 e. The molecule has 0 saturated heterocycles. The van der Waals surface area contributed by atoms with Crippen LogP contribution in [0.3, 0.4) is 0 Å². The second-order valence-electron chi connectivity index (χ2n) is 3.47. The van der Waals surface area contributed by atoms with Crippen molar-refractivity contribution in [1.82, 2.24) is 15.2 Å². The van der Waals surface area contributed by atoms with Gasteiger partial charge in [-0.25, -0.2) is 4.98 Å². The van der Waals surface area contributed by atoms with Crippen molar-refractivity contribution in [1.29, 1.82) is 0 Å². The summed E-state index contributed by atoms with van der Waals surface area (Å²) in [6, 6.07) is 8.14. The number of aromatic nitrogens is 3. The summed E-state index contributed by atoms with van der Waals surface area (Å²) < 4.78 is 1.20. The Morgan fingerprint density at radius 2 is 2.31 bits per heavy atom. The Balaban J connectivity index is 1.78. The molecule has 4 nitrogen and oxygen atoms in total. The van der Waals surface area contributed by atoms with Crippen LogP contribution in [-0.4, -0.2) is 15.2 Å². The molecule has 0 aliphatic heterocycles. The molecule has 3 aromatic rings. The van der Waals surface area contributed by atoms with Gasteiger partial charge in [0.2, 0.25) is 0 Å². The smallest absolute Gasteiger partial charge is 0.0813 e. The summed E-state index contributed by atoms with van der Waals surface area (Å²) in [5.41, 5.74) is 5.09.